The molecular weight excluding hydrogens is 324 g/mol. The molecule has 0 radical (unpaired) electrons. The van der Waals surface area contributed by atoms with Crippen molar-refractivity contribution in [3.63, 3.8) is 0 Å². The third kappa shape index (κ3) is 3.30. The standard InChI is InChI=1S/C14H17BrN2O3/c15-10-2-1-3-11(12(10)13(16)18)17-9-6-4-8(5-7-9)14(19)20/h1-3,8-9,17H,4-7H2,(H2,16,18)(H,19,20). The van der Waals surface area contributed by atoms with Gasteiger partial charge in [-0.05, 0) is 53.7 Å². The number of nitrogens with one attached hydrogen (secondary N) is 1. The number of carbonyl (C=O) groups is 2. The van der Waals surface area contributed by atoms with Gasteiger partial charge in [-0.25, -0.2) is 0 Å². The van der Waals surface area contributed by atoms with Crippen LogP contribution in [0.3, 0.4) is 0 Å². The monoisotopic (exact) mass is 340 g/mol. The van der Waals surface area contributed by atoms with E-state index < -0.39 is 11.9 Å². The van der Waals surface area contributed by atoms with Gasteiger partial charge in [-0.1, -0.05) is 6.07 Å². The first-order chi connectivity index (χ1) is 9.49. The normalized spacial score (nSPS) is 22.2. The van der Waals surface area contributed by atoms with Crippen LogP contribution in [0.1, 0.15) is 36.0 Å². The maximum absolute atomic E-state index is 11.5. The van der Waals surface area contributed by atoms with Crippen LogP contribution in [0.15, 0.2) is 22.7 Å². The minimum absolute atomic E-state index is 0.179. The second-order valence-electron chi connectivity index (χ2n) is 5.06. The number of aliphatic carboxylic acids is 1. The van der Waals surface area contributed by atoms with E-state index in [9.17, 15) is 9.59 Å². The Labute approximate surface area is 125 Å². The molecule has 6 heteroatoms. The number of carboxylic acid groups (broad SMARTS) is 1. The van der Waals surface area contributed by atoms with Gasteiger partial charge in [0.15, 0.2) is 0 Å². The molecule has 4 N–H and O–H groups in total. The van der Waals surface area contributed by atoms with E-state index in [4.69, 9.17) is 10.8 Å². The number of rotatable bonds is 4. The highest BCUT2D eigenvalue weighted by Gasteiger charge is 2.26. The summed E-state index contributed by atoms with van der Waals surface area (Å²) in [6.07, 6.45) is 2.88. The molecule has 0 unspecified atom stereocenters. The number of nitrogens with two attached hydrogens (primary N) is 1. The van der Waals surface area contributed by atoms with Crippen LogP contribution in [0.25, 0.3) is 0 Å². The molecule has 1 aromatic carbocycles. The largest absolute Gasteiger partial charge is 0.481 e. The first-order valence-corrected chi connectivity index (χ1v) is 7.36. The number of anilines is 1. The molecule has 0 bridgehead atoms. The maximum Gasteiger partial charge on any atom is 0.306 e. The van der Waals surface area contributed by atoms with Crippen LogP contribution in [0.5, 0.6) is 0 Å². The lowest BCUT2D eigenvalue weighted by Crippen LogP contribution is -2.30. The van der Waals surface area contributed by atoms with Crippen molar-refractivity contribution in [3.05, 3.63) is 28.2 Å². The van der Waals surface area contributed by atoms with Gasteiger partial charge in [0, 0.05) is 16.2 Å². The summed E-state index contributed by atoms with van der Waals surface area (Å²) >= 11 is 3.32. The van der Waals surface area contributed by atoms with E-state index in [0.29, 0.717) is 28.6 Å². The third-order valence-corrected chi connectivity index (χ3v) is 4.36. The van der Waals surface area contributed by atoms with Gasteiger partial charge in [0.2, 0.25) is 0 Å². The van der Waals surface area contributed by atoms with Gasteiger partial charge in [-0.3, -0.25) is 9.59 Å². The maximum atomic E-state index is 11.5. The zero-order valence-electron chi connectivity index (χ0n) is 10.9. The minimum atomic E-state index is -0.719. The molecule has 20 heavy (non-hydrogen) atoms. The summed E-state index contributed by atoms with van der Waals surface area (Å²) in [6, 6.07) is 5.60. The highest BCUT2D eigenvalue weighted by Crippen LogP contribution is 2.30. The average Bonchev–Trinajstić information content (AvgIpc) is 2.39. The number of halogens is 1. The van der Waals surface area contributed by atoms with E-state index in [0.717, 1.165) is 12.8 Å². The van der Waals surface area contributed by atoms with Crippen molar-refractivity contribution < 1.29 is 14.7 Å². The molecule has 1 amide bonds. The van der Waals surface area contributed by atoms with Crippen molar-refractivity contribution in [2.75, 3.05) is 5.32 Å². The van der Waals surface area contributed by atoms with Crippen LogP contribution < -0.4 is 11.1 Å². The highest BCUT2D eigenvalue weighted by atomic mass is 79.9. The van der Waals surface area contributed by atoms with Crippen molar-refractivity contribution in [1.29, 1.82) is 0 Å². The summed E-state index contributed by atoms with van der Waals surface area (Å²) in [4.78, 5) is 22.4. The van der Waals surface area contributed by atoms with Crippen LogP contribution in [-0.4, -0.2) is 23.0 Å². The molecule has 1 aliphatic carbocycles. The van der Waals surface area contributed by atoms with E-state index in [-0.39, 0.29) is 12.0 Å². The van der Waals surface area contributed by atoms with Crippen molar-refractivity contribution in [2.45, 2.75) is 31.7 Å². The molecule has 1 saturated carbocycles. The smallest absolute Gasteiger partial charge is 0.306 e. The zero-order valence-corrected chi connectivity index (χ0v) is 12.5. The molecule has 0 aliphatic heterocycles. The molecule has 1 fully saturated rings. The fraction of sp³-hybridized carbons (Fsp3) is 0.429. The van der Waals surface area contributed by atoms with Crippen molar-refractivity contribution in [3.8, 4) is 0 Å². The van der Waals surface area contributed by atoms with Crippen molar-refractivity contribution in [1.82, 2.24) is 0 Å². The molecule has 1 aromatic rings. The fourth-order valence-corrected chi connectivity index (χ4v) is 3.16. The molecule has 108 valence electrons. The summed E-state index contributed by atoms with van der Waals surface area (Å²) in [5.74, 6) is -1.45. The molecule has 0 saturated heterocycles. The molecule has 5 nitrogen and oxygen atoms in total. The molecule has 0 atom stereocenters. The van der Waals surface area contributed by atoms with Crippen LogP contribution in [0, 0.1) is 5.92 Å². The Morgan fingerprint density at radius 1 is 1.25 bits per heavy atom. The van der Waals surface area contributed by atoms with Crippen LogP contribution in [-0.2, 0) is 4.79 Å². The van der Waals surface area contributed by atoms with E-state index in [1.165, 1.54) is 0 Å². The first-order valence-electron chi connectivity index (χ1n) is 6.56. The Hall–Kier alpha value is -1.56. The van der Waals surface area contributed by atoms with E-state index in [1.54, 1.807) is 6.07 Å². The second kappa shape index (κ2) is 6.26. The Bertz CT molecular complexity index is 525. The number of primary amides is 1. The summed E-state index contributed by atoms with van der Waals surface area (Å²) in [6.45, 7) is 0. The van der Waals surface area contributed by atoms with E-state index >= 15 is 0 Å². The van der Waals surface area contributed by atoms with E-state index in [1.807, 2.05) is 12.1 Å². The summed E-state index contributed by atoms with van der Waals surface area (Å²) in [5.41, 5.74) is 6.53. The van der Waals surface area contributed by atoms with Gasteiger partial charge in [0.1, 0.15) is 0 Å². The van der Waals surface area contributed by atoms with Crippen LogP contribution in [0.4, 0.5) is 5.69 Å². The number of carbonyl (C=O) groups excluding carboxylic acids is 1. The van der Waals surface area contributed by atoms with Gasteiger partial charge in [0.05, 0.1) is 11.5 Å². The lowest BCUT2D eigenvalue weighted by atomic mass is 9.86. The molecule has 2 rings (SSSR count). The summed E-state index contributed by atoms with van der Waals surface area (Å²) < 4.78 is 0.661. The number of benzene rings is 1. The lowest BCUT2D eigenvalue weighted by Gasteiger charge is -2.28. The van der Waals surface area contributed by atoms with E-state index in [2.05, 4.69) is 21.2 Å². The molecule has 0 aromatic heterocycles. The van der Waals surface area contributed by atoms with Gasteiger partial charge in [-0.15, -0.1) is 0 Å². The Morgan fingerprint density at radius 2 is 1.90 bits per heavy atom. The minimum Gasteiger partial charge on any atom is -0.481 e. The topological polar surface area (TPSA) is 92.4 Å². The Morgan fingerprint density at radius 3 is 2.45 bits per heavy atom. The zero-order chi connectivity index (χ0) is 14.7. The van der Waals surface area contributed by atoms with Crippen molar-refractivity contribution in [2.24, 2.45) is 11.7 Å². The molecule has 1 aliphatic rings. The van der Waals surface area contributed by atoms with Gasteiger partial charge in [-0.2, -0.15) is 0 Å². The molecule has 0 heterocycles. The number of hydrogen-bond acceptors (Lipinski definition) is 3. The summed E-state index contributed by atoms with van der Waals surface area (Å²) in [5, 5.41) is 12.3. The highest BCUT2D eigenvalue weighted by molar-refractivity contribution is 9.10. The molecule has 0 spiro atoms. The number of amides is 1. The Balaban J connectivity index is 2.07. The van der Waals surface area contributed by atoms with Crippen molar-refractivity contribution >= 4 is 33.5 Å². The number of hydrogen-bond donors (Lipinski definition) is 3. The Kier molecular flexibility index (Phi) is 4.65. The second-order valence-corrected chi connectivity index (χ2v) is 5.91. The predicted octanol–water partition coefficient (Wildman–Crippen LogP) is 2.60. The van der Waals surface area contributed by atoms with Crippen LogP contribution >= 0.6 is 15.9 Å². The predicted molar refractivity (Wildman–Crippen MR) is 79.7 cm³/mol. The van der Waals surface area contributed by atoms with Gasteiger partial charge >= 0.3 is 5.97 Å². The quantitative estimate of drug-likeness (QED) is 0.785. The third-order valence-electron chi connectivity index (χ3n) is 3.70. The average molecular weight is 341 g/mol. The molecular formula is C14H17BrN2O3. The van der Waals surface area contributed by atoms with Gasteiger partial charge in [0.25, 0.3) is 5.91 Å². The first kappa shape index (κ1) is 14.8. The fourth-order valence-electron chi connectivity index (χ4n) is 2.60. The SMILES string of the molecule is NC(=O)c1c(Br)cccc1NC1CCC(C(=O)O)CC1. The lowest BCUT2D eigenvalue weighted by molar-refractivity contribution is -0.142. The van der Waals surface area contributed by atoms with Crippen LogP contribution in [0.2, 0.25) is 0 Å². The van der Waals surface area contributed by atoms with Gasteiger partial charge < -0.3 is 16.2 Å². The number of carboxylic acids is 1. The summed E-state index contributed by atoms with van der Waals surface area (Å²) in [7, 11) is 0.